The molecule has 0 N–H and O–H groups in total. The van der Waals surface area contributed by atoms with Crippen molar-refractivity contribution in [2.24, 2.45) is 0 Å². The van der Waals surface area contributed by atoms with E-state index in [0.717, 1.165) is 5.56 Å². The third-order valence-electron chi connectivity index (χ3n) is 2.09. The van der Waals surface area contributed by atoms with Crippen molar-refractivity contribution in [1.29, 1.82) is 5.26 Å². The van der Waals surface area contributed by atoms with Crippen molar-refractivity contribution >= 4 is 26.9 Å². The van der Waals surface area contributed by atoms with Crippen molar-refractivity contribution in [3.8, 4) is 6.07 Å². The second-order valence-corrected chi connectivity index (χ2v) is 3.57. The number of alkyl halides is 1. The molecular weight excluding hydrogens is 258 g/mol. The average molecular weight is 264 g/mol. The Morgan fingerprint density at radius 3 is 2.93 bits per heavy atom. The highest BCUT2D eigenvalue weighted by molar-refractivity contribution is 9.08. The van der Waals surface area contributed by atoms with Crippen LogP contribution in [0.2, 0.25) is 0 Å². The zero-order valence-electron chi connectivity index (χ0n) is 7.66. The highest BCUT2D eigenvalue weighted by Gasteiger charge is 2.07. The fraction of sp³-hybridized carbons (Fsp3) is 0.0909. The molecule has 0 unspecified atom stereocenters. The maximum absolute atomic E-state index is 11.6. The van der Waals surface area contributed by atoms with Crippen LogP contribution in [0.25, 0.3) is 11.0 Å². The summed E-state index contributed by atoms with van der Waals surface area (Å²) < 4.78 is 5.32. The van der Waals surface area contributed by atoms with Gasteiger partial charge >= 0.3 is 0 Å². The molecule has 0 saturated heterocycles. The summed E-state index contributed by atoms with van der Waals surface area (Å²) in [5.41, 5.74) is 1.16. The standard InChI is InChI=1S/C11H6BrNO2/c12-5-7-2-1-3-9-10(14)4-8(6-13)15-11(7)9/h1-4H,5H2. The minimum absolute atomic E-state index is 0.0425. The molecule has 0 atom stereocenters. The van der Waals surface area contributed by atoms with Crippen LogP contribution in [0, 0.1) is 11.3 Å². The van der Waals surface area contributed by atoms with Gasteiger partial charge in [0.2, 0.25) is 5.76 Å². The summed E-state index contributed by atoms with van der Waals surface area (Å²) in [4.78, 5) is 11.6. The molecule has 0 saturated carbocycles. The first kappa shape index (κ1) is 9.94. The Balaban J connectivity index is 2.93. The molecule has 0 aliphatic heterocycles. The van der Waals surface area contributed by atoms with Crippen LogP contribution >= 0.6 is 15.9 Å². The fourth-order valence-electron chi connectivity index (χ4n) is 1.40. The topological polar surface area (TPSA) is 54.0 Å². The molecule has 1 aromatic heterocycles. The number of hydrogen-bond donors (Lipinski definition) is 0. The monoisotopic (exact) mass is 263 g/mol. The van der Waals surface area contributed by atoms with Crippen molar-refractivity contribution in [1.82, 2.24) is 0 Å². The third kappa shape index (κ3) is 1.66. The fourth-order valence-corrected chi connectivity index (χ4v) is 1.84. The molecule has 0 aliphatic carbocycles. The summed E-state index contributed by atoms with van der Waals surface area (Å²) in [6.07, 6.45) is 0. The lowest BCUT2D eigenvalue weighted by atomic mass is 10.1. The Kier molecular flexibility index (Phi) is 2.57. The Morgan fingerprint density at radius 1 is 1.47 bits per heavy atom. The molecule has 2 aromatic rings. The second-order valence-electron chi connectivity index (χ2n) is 3.01. The van der Waals surface area contributed by atoms with Crippen LogP contribution in [0.4, 0.5) is 0 Å². The molecule has 0 amide bonds. The van der Waals surface area contributed by atoms with Crippen molar-refractivity contribution in [2.75, 3.05) is 0 Å². The van der Waals surface area contributed by atoms with Gasteiger partial charge in [-0.2, -0.15) is 5.26 Å². The van der Waals surface area contributed by atoms with E-state index in [1.54, 1.807) is 12.1 Å². The van der Waals surface area contributed by atoms with Crippen LogP contribution in [-0.4, -0.2) is 0 Å². The summed E-state index contributed by atoms with van der Waals surface area (Å²) >= 11 is 3.30. The van der Waals surface area contributed by atoms with E-state index < -0.39 is 0 Å². The number of para-hydroxylation sites is 1. The van der Waals surface area contributed by atoms with Gasteiger partial charge in [0, 0.05) is 17.0 Å². The lowest BCUT2D eigenvalue weighted by Crippen LogP contribution is -2.01. The molecule has 0 aliphatic rings. The quantitative estimate of drug-likeness (QED) is 0.744. The van der Waals surface area contributed by atoms with Gasteiger partial charge in [0.25, 0.3) is 0 Å². The largest absolute Gasteiger partial charge is 0.445 e. The van der Waals surface area contributed by atoms with Gasteiger partial charge in [0.15, 0.2) is 5.43 Å². The third-order valence-corrected chi connectivity index (χ3v) is 2.69. The van der Waals surface area contributed by atoms with Crippen molar-refractivity contribution in [3.63, 3.8) is 0 Å². The van der Waals surface area contributed by atoms with Gasteiger partial charge in [-0.25, -0.2) is 0 Å². The van der Waals surface area contributed by atoms with Gasteiger partial charge in [0.1, 0.15) is 11.7 Å². The first-order valence-corrected chi connectivity index (χ1v) is 5.40. The molecular formula is C11H6BrNO2. The number of fused-ring (bicyclic) bond motifs is 1. The van der Waals surface area contributed by atoms with Crippen molar-refractivity contribution < 1.29 is 4.42 Å². The summed E-state index contributed by atoms with van der Waals surface area (Å²) in [5.74, 6) is 0.0425. The number of halogens is 1. The highest BCUT2D eigenvalue weighted by Crippen LogP contribution is 2.19. The first-order chi connectivity index (χ1) is 7.26. The van der Waals surface area contributed by atoms with E-state index >= 15 is 0 Å². The number of nitrogens with zero attached hydrogens (tertiary/aromatic N) is 1. The zero-order chi connectivity index (χ0) is 10.8. The van der Waals surface area contributed by atoms with Crippen LogP contribution in [-0.2, 0) is 5.33 Å². The highest BCUT2D eigenvalue weighted by atomic mass is 79.9. The van der Waals surface area contributed by atoms with Gasteiger partial charge in [0.05, 0.1) is 5.39 Å². The summed E-state index contributed by atoms with van der Waals surface area (Å²) in [6.45, 7) is 0. The Bertz CT molecular complexity index is 610. The van der Waals surface area contributed by atoms with Crippen LogP contribution in [0.15, 0.2) is 33.5 Å². The van der Waals surface area contributed by atoms with Crippen molar-refractivity contribution in [3.05, 3.63) is 45.8 Å². The van der Waals surface area contributed by atoms with Crippen LogP contribution in [0.3, 0.4) is 0 Å². The van der Waals surface area contributed by atoms with Gasteiger partial charge in [-0.05, 0) is 6.07 Å². The predicted octanol–water partition coefficient (Wildman–Crippen LogP) is 2.56. The van der Waals surface area contributed by atoms with E-state index in [1.807, 2.05) is 12.1 Å². The maximum atomic E-state index is 11.6. The Hall–Kier alpha value is -1.60. The Morgan fingerprint density at radius 2 is 2.27 bits per heavy atom. The molecule has 1 heterocycles. The number of rotatable bonds is 1. The van der Waals surface area contributed by atoms with E-state index in [0.29, 0.717) is 16.3 Å². The van der Waals surface area contributed by atoms with Gasteiger partial charge in [-0.15, -0.1) is 0 Å². The normalized spacial score (nSPS) is 10.1. The summed E-state index contributed by atoms with van der Waals surface area (Å²) in [6, 6.07) is 8.37. The molecule has 2 rings (SSSR count). The lowest BCUT2D eigenvalue weighted by Gasteiger charge is -2.01. The average Bonchev–Trinajstić information content (AvgIpc) is 2.28. The molecule has 0 bridgehead atoms. The molecule has 0 spiro atoms. The zero-order valence-corrected chi connectivity index (χ0v) is 9.24. The summed E-state index contributed by atoms with van der Waals surface area (Å²) in [7, 11) is 0. The molecule has 74 valence electrons. The molecule has 3 nitrogen and oxygen atoms in total. The predicted molar refractivity (Wildman–Crippen MR) is 59.8 cm³/mol. The number of nitriles is 1. The first-order valence-electron chi connectivity index (χ1n) is 4.28. The molecule has 0 radical (unpaired) electrons. The smallest absolute Gasteiger partial charge is 0.207 e. The molecule has 1 aromatic carbocycles. The number of hydrogen-bond acceptors (Lipinski definition) is 3. The maximum Gasteiger partial charge on any atom is 0.207 e. The van der Waals surface area contributed by atoms with Crippen molar-refractivity contribution in [2.45, 2.75) is 5.33 Å². The second kappa shape index (κ2) is 3.87. The van der Waals surface area contributed by atoms with E-state index in [4.69, 9.17) is 9.68 Å². The lowest BCUT2D eigenvalue weighted by molar-refractivity contribution is 0.583. The minimum atomic E-state index is -0.185. The van der Waals surface area contributed by atoms with Gasteiger partial charge in [-0.3, -0.25) is 4.79 Å². The van der Waals surface area contributed by atoms with E-state index in [2.05, 4.69) is 15.9 Å². The van der Waals surface area contributed by atoms with E-state index in [1.165, 1.54) is 6.07 Å². The number of benzene rings is 1. The molecule has 15 heavy (non-hydrogen) atoms. The van der Waals surface area contributed by atoms with E-state index in [-0.39, 0.29) is 11.2 Å². The SMILES string of the molecule is N#Cc1cc(=O)c2cccc(CBr)c2o1. The molecule has 4 heteroatoms. The molecule has 0 fully saturated rings. The van der Waals surface area contributed by atoms with Crippen LogP contribution < -0.4 is 5.43 Å². The van der Waals surface area contributed by atoms with Gasteiger partial charge in [-0.1, -0.05) is 28.1 Å². The van der Waals surface area contributed by atoms with Crippen LogP contribution in [0.5, 0.6) is 0 Å². The minimum Gasteiger partial charge on any atom is -0.445 e. The summed E-state index contributed by atoms with van der Waals surface area (Å²) in [5, 5.41) is 9.78. The Labute approximate surface area is 94.1 Å². The van der Waals surface area contributed by atoms with E-state index in [9.17, 15) is 4.79 Å². The van der Waals surface area contributed by atoms with Crippen LogP contribution in [0.1, 0.15) is 11.3 Å². The van der Waals surface area contributed by atoms with Gasteiger partial charge < -0.3 is 4.42 Å².